The van der Waals surface area contributed by atoms with Crippen molar-refractivity contribution in [3.05, 3.63) is 141 Å². The van der Waals surface area contributed by atoms with Crippen molar-refractivity contribution >= 4 is 23.1 Å². The number of amides is 1. The van der Waals surface area contributed by atoms with Gasteiger partial charge in [-0.2, -0.15) is 0 Å². The zero-order chi connectivity index (χ0) is 28.2. The van der Waals surface area contributed by atoms with Gasteiger partial charge in [-0.05, 0) is 65.6 Å². The van der Waals surface area contributed by atoms with Gasteiger partial charge in [-0.1, -0.05) is 36.4 Å². The molecular weight excluding hydrogens is 510 g/mol. The normalized spacial score (nSPS) is 16.2. The average molecular weight is 536 g/mol. The van der Waals surface area contributed by atoms with E-state index < -0.39 is 22.7 Å². The van der Waals surface area contributed by atoms with E-state index in [2.05, 4.69) is 4.98 Å². The lowest BCUT2D eigenvalue weighted by Gasteiger charge is -2.25. The number of aliphatic hydroxyl groups is 1. The number of aromatic nitrogens is 1. The molecule has 1 aromatic heterocycles. The number of ketones is 1. The Labute approximate surface area is 230 Å². The summed E-state index contributed by atoms with van der Waals surface area (Å²) in [5.74, 6) is -1.35. The number of carbonyl (C=O) groups is 2. The summed E-state index contributed by atoms with van der Waals surface area (Å²) in [6, 6.07) is 22.9. The van der Waals surface area contributed by atoms with Crippen molar-refractivity contribution in [2.24, 2.45) is 0 Å². The van der Waals surface area contributed by atoms with Gasteiger partial charge in [0.1, 0.15) is 18.1 Å². The standard InChI is InChI=1S/C31H25N3O6/c1-20-16-24(11-14-26(20)40-19-21-6-3-2-4-7-21)29(35)27-28(23-9-12-25(13-10-23)34(38)39)33(31(37)30(27)36)18-22-8-5-15-32-17-22/h2-17,28,35H,18-19H2,1H3/b29-27+. The number of non-ortho nitro benzene ring substituents is 1. The smallest absolute Gasteiger partial charge is 0.295 e. The second-order valence-corrected chi connectivity index (χ2v) is 9.39. The van der Waals surface area contributed by atoms with Crippen LogP contribution < -0.4 is 4.74 Å². The highest BCUT2D eigenvalue weighted by molar-refractivity contribution is 6.46. The average Bonchev–Trinajstić information content (AvgIpc) is 3.22. The van der Waals surface area contributed by atoms with Gasteiger partial charge in [-0.3, -0.25) is 24.7 Å². The number of pyridine rings is 1. The SMILES string of the molecule is Cc1cc(/C(O)=C2\C(=O)C(=O)N(Cc3cccnc3)C2c2ccc([N+](=O)[O-])cc2)ccc1OCc1ccccc1. The Kier molecular flexibility index (Phi) is 7.37. The van der Waals surface area contributed by atoms with Gasteiger partial charge >= 0.3 is 0 Å². The van der Waals surface area contributed by atoms with E-state index >= 15 is 0 Å². The molecule has 2 heterocycles. The van der Waals surface area contributed by atoms with Crippen molar-refractivity contribution < 1.29 is 24.4 Å². The molecule has 40 heavy (non-hydrogen) atoms. The predicted octanol–water partition coefficient (Wildman–Crippen LogP) is 5.50. The molecule has 5 rings (SSSR count). The third-order valence-corrected chi connectivity index (χ3v) is 6.72. The number of hydrogen-bond acceptors (Lipinski definition) is 7. The summed E-state index contributed by atoms with van der Waals surface area (Å²) in [4.78, 5) is 42.7. The summed E-state index contributed by atoms with van der Waals surface area (Å²) in [5.41, 5.74) is 2.99. The highest BCUT2D eigenvalue weighted by atomic mass is 16.6. The minimum Gasteiger partial charge on any atom is -0.507 e. The summed E-state index contributed by atoms with van der Waals surface area (Å²) >= 11 is 0. The van der Waals surface area contributed by atoms with Gasteiger partial charge in [0.15, 0.2) is 0 Å². The molecule has 1 unspecified atom stereocenters. The fourth-order valence-electron chi connectivity index (χ4n) is 4.71. The van der Waals surface area contributed by atoms with Crippen LogP contribution in [-0.2, 0) is 22.7 Å². The van der Waals surface area contributed by atoms with Crippen molar-refractivity contribution in [1.29, 1.82) is 0 Å². The molecule has 1 atom stereocenters. The van der Waals surface area contributed by atoms with E-state index in [0.29, 0.717) is 29.0 Å². The number of benzene rings is 3. The zero-order valence-electron chi connectivity index (χ0n) is 21.6. The van der Waals surface area contributed by atoms with Crippen LogP contribution in [0.3, 0.4) is 0 Å². The number of aliphatic hydroxyl groups excluding tert-OH is 1. The molecule has 0 bridgehead atoms. The van der Waals surface area contributed by atoms with Crippen molar-refractivity contribution in [1.82, 2.24) is 9.88 Å². The van der Waals surface area contributed by atoms with Gasteiger partial charge in [0.25, 0.3) is 17.4 Å². The van der Waals surface area contributed by atoms with Gasteiger partial charge in [-0.25, -0.2) is 0 Å². The number of nitro benzene ring substituents is 1. The zero-order valence-corrected chi connectivity index (χ0v) is 21.6. The second-order valence-electron chi connectivity index (χ2n) is 9.39. The molecule has 9 heteroatoms. The Morgan fingerprint density at radius 2 is 1.73 bits per heavy atom. The highest BCUT2D eigenvalue weighted by Gasteiger charge is 2.46. The summed E-state index contributed by atoms with van der Waals surface area (Å²) in [7, 11) is 0. The maximum absolute atomic E-state index is 13.3. The third kappa shape index (κ3) is 5.30. The Balaban J connectivity index is 1.53. The van der Waals surface area contributed by atoms with Crippen molar-refractivity contribution in [2.75, 3.05) is 0 Å². The Bertz CT molecular complexity index is 1600. The van der Waals surface area contributed by atoms with Gasteiger partial charge in [0, 0.05) is 36.6 Å². The van der Waals surface area contributed by atoms with Crippen LogP contribution in [0.25, 0.3) is 5.76 Å². The quantitative estimate of drug-likeness (QED) is 0.104. The van der Waals surface area contributed by atoms with E-state index in [-0.39, 0.29) is 23.6 Å². The first-order chi connectivity index (χ1) is 19.3. The molecule has 0 radical (unpaired) electrons. The molecule has 0 saturated carbocycles. The fourth-order valence-corrected chi connectivity index (χ4v) is 4.71. The number of hydrogen-bond donors (Lipinski definition) is 1. The summed E-state index contributed by atoms with van der Waals surface area (Å²) in [6.07, 6.45) is 3.19. The molecule has 1 amide bonds. The fraction of sp³-hybridized carbons (Fsp3) is 0.129. The van der Waals surface area contributed by atoms with Crippen LogP contribution in [0.15, 0.2) is 103 Å². The lowest BCUT2D eigenvalue weighted by atomic mass is 9.94. The first-order valence-electron chi connectivity index (χ1n) is 12.5. The molecule has 1 aliphatic heterocycles. The Morgan fingerprint density at radius 1 is 1.00 bits per heavy atom. The van der Waals surface area contributed by atoms with E-state index in [1.165, 1.54) is 29.2 Å². The first-order valence-corrected chi connectivity index (χ1v) is 12.5. The minimum atomic E-state index is -0.963. The molecule has 1 N–H and O–H groups in total. The number of nitro groups is 1. The number of carbonyl (C=O) groups excluding carboxylic acids is 2. The Hall–Kier alpha value is -5.31. The van der Waals surface area contributed by atoms with Gasteiger partial charge in [0.2, 0.25) is 0 Å². The van der Waals surface area contributed by atoms with Gasteiger partial charge in [0.05, 0.1) is 16.5 Å². The summed E-state index contributed by atoms with van der Waals surface area (Å²) in [6.45, 7) is 2.25. The van der Waals surface area contributed by atoms with Crippen LogP contribution in [0, 0.1) is 17.0 Å². The molecule has 1 saturated heterocycles. The topological polar surface area (TPSA) is 123 Å². The first kappa shape index (κ1) is 26.3. The second kappa shape index (κ2) is 11.2. The third-order valence-electron chi connectivity index (χ3n) is 6.72. The monoisotopic (exact) mass is 535 g/mol. The van der Waals surface area contributed by atoms with Crippen molar-refractivity contribution in [2.45, 2.75) is 26.1 Å². The number of ether oxygens (including phenoxy) is 1. The van der Waals surface area contributed by atoms with Crippen LogP contribution in [0.1, 0.15) is 33.9 Å². The minimum absolute atomic E-state index is 0.0577. The number of rotatable bonds is 8. The maximum Gasteiger partial charge on any atom is 0.295 e. The van der Waals surface area contributed by atoms with Gasteiger partial charge in [-0.15, -0.1) is 0 Å². The molecule has 1 aliphatic rings. The highest BCUT2D eigenvalue weighted by Crippen LogP contribution is 2.41. The number of nitrogens with zero attached hydrogens (tertiary/aromatic N) is 3. The molecule has 3 aromatic carbocycles. The largest absolute Gasteiger partial charge is 0.507 e. The van der Waals surface area contributed by atoms with Crippen molar-refractivity contribution in [3.63, 3.8) is 0 Å². The Morgan fingerprint density at radius 3 is 2.38 bits per heavy atom. The van der Waals surface area contributed by atoms with E-state index in [4.69, 9.17) is 4.74 Å². The number of likely N-dealkylation sites (tertiary alicyclic amines) is 1. The molecule has 0 aliphatic carbocycles. The molecular formula is C31H25N3O6. The number of Topliss-reactive ketones (excluding diaryl/α,β-unsaturated/α-hetero) is 1. The maximum atomic E-state index is 13.3. The number of aryl methyl sites for hydroxylation is 1. The lowest BCUT2D eigenvalue weighted by molar-refractivity contribution is -0.384. The van der Waals surface area contributed by atoms with Crippen LogP contribution in [-0.4, -0.2) is 31.6 Å². The van der Waals surface area contributed by atoms with Crippen LogP contribution >= 0.6 is 0 Å². The van der Waals surface area contributed by atoms with E-state index in [1.54, 1.807) is 42.7 Å². The van der Waals surface area contributed by atoms with Crippen LogP contribution in [0.4, 0.5) is 5.69 Å². The van der Waals surface area contributed by atoms with Crippen LogP contribution in [0.2, 0.25) is 0 Å². The molecule has 4 aromatic rings. The molecule has 0 spiro atoms. The summed E-state index contributed by atoms with van der Waals surface area (Å²) < 4.78 is 5.94. The van der Waals surface area contributed by atoms with Crippen molar-refractivity contribution in [3.8, 4) is 5.75 Å². The molecule has 200 valence electrons. The summed E-state index contributed by atoms with van der Waals surface area (Å²) in [5, 5.41) is 22.6. The van der Waals surface area contributed by atoms with E-state index in [1.807, 2.05) is 37.3 Å². The van der Waals surface area contributed by atoms with E-state index in [9.17, 15) is 24.8 Å². The van der Waals surface area contributed by atoms with Gasteiger partial charge < -0.3 is 14.7 Å². The molecule has 9 nitrogen and oxygen atoms in total. The van der Waals surface area contributed by atoms with Crippen LogP contribution in [0.5, 0.6) is 5.75 Å². The predicted molar refractivity (Wildman–Crippen MR) is 147 cm³/mol. The lowest BCUT2D eigenvalue weighted by Crippen LogP contribution is -2.29. The molecule has 1 fully saturated rings. The van der Waals surface area contributed by atoms with E-state index in [0.717, 1.165) is 11.1 Å².